The van der Waals surface area contributed by atoms with Gasteiger partial charge in [0.05, 0.1) is 12.2 Å². The van der Waals surface area contributed by atoms with Crippen molar-refractivity contribution < 1.29 is 13.2 Å². The van der Waals surface area contributed by atoms with E-state index in [1.165, 1.54) is 12.2 Å². The summed E-state index contributed by atoms with van der Waals surface area (Å²) >= 11 is 12.9. The molecule has 0 saturated carbocycles. The summed E-state index contributed by atoms with van der Waals surface area (Å²) in [6.07, 6.45) is 9.46. The fourth-order valence-corrected chi connectivity index (χ4v) is 4.69. The molecule has 2 aromatic carbocycles. The molecular weight excluding hydrogens is 517 g/mol. The zero-order chi connectivity index (χ0) is 26.1. The van der Waals surface area contributed by atoms with E-state index in [1.54, 1.807) is 6.92 Å². The van der Waals surface area contributed by atoms with Gasteiger partial charge in [-0.1, -0.05) is 97.2 Å². The Morgan fingerprint density at radius 1 is 1.06 bits per heavy atom. The molecule has 1 amide bonds. The monoisotopic (exact) mass is 543 g/mol. The van der Waals surface area contributed by atoms with Crippen molar-refractivity contribution in [3.63, 3.8) is 0 Å². The van der Waals surface area contributed by atoms with Crippen LogP contribution in [0.3, 0.4) is 0 Å². The second-order valence-corrected chi connectivity index (χ2v) is 10.4. The molecule has 1 N–H and O–H groups in total. The lowest BCUT2D eigenvalue weighted by Gasteiger charge is -2.11. The molecule has 3 aromatic rings. The third kappa shape index (κ3) is 7.95. The summed E-state index contributed by atoms with van der Waals surface area (Å²) in [6, 6.07) is 15.7. The number of amides is 1. The minimum atomic E-state index is -3.86. The summed E-state index contributed by atoms with van der Waals surface area (Å²) in [5.41, 5.74) is 3.35. The van der Waals surface area contributed by atoms with E-state index in [2.05, 4.69) is 4.98 Å². The number of hydrogen-bond acceptors (Lipinski definition) is 4. The van der Waals surface area contributed by atoms with Crippen molar-refractivity contribution in [2.75, 3.05) is 0 Å². The standard InChI is InChI=1S/C27H27Cl2N3O3S/c1-3-4-8-17-36(34,35)31-26(33)16-15-25-27(29)30-20(2)32(25)19-23-14-13-22(18-24(23)28)12-11-21-9-6-5-7-10-21/h5-18H,3-4,19H2,1-2H3,(H,31,33)/b12-11+,16-15?,17-8+. The van der Waals surface area contributed by atoms with Crippen molar-refractivity contribution in [3.05, 3.63) is 104 Å². The van der Waals surface area contributed by atoms with Crippen LogP contribution in [0.4, 0.5) is 0 Å². The zero-order valence-electron chi connectivity index (χ0n) is 20.0. The maximum atomic E-state index is 12.2. The Morgan fingerprint density at radius 3 is 2.47 bits per heavy atom. The van der Waals surface area contributed by atoms with E-state index in [4.69, 9.17) is 23.2 Å². The van der Waals surface area contributed by atoms with Gasteiger partial charge in [0.2, 0.25) is 0 Å². The highest BCUT2D eigenvalue weighted by atomic mass is 35.5. The topological polar surface area (TPSA) is 81.1 Å². The van der Waals surface area contributed by atoms with Gasteiger partial charge in [-0.2, -0.15) is 0 Å². The molecule has 36 heavy (non-hydrogen) atoms. The van der Waals surface area contributed by atoms with E-state index in [-0.39, 0.29) is 5.15 Å². The molecule has 1 aromatic heterocycles. The number of aryl methyl sites for hydroxylation is 1. The lowest BCUT2D eigenvalue weighted by Crippen LogP contribution is -2.27. The molecule has 0 bridgehead atoms. The zero-order valence-corrected chi connectivity index (χ0v) is 22.3. The number of hydrogen-bond donors (Lipinski definition) is 1. The smallest absolute Gasteiger partial charge is 0.257 e. The van der Waals surface area contributed by atoms with E-state index in [9.17, 15) is 13.2 Å². The van der Waals surface area contributed by atoms with E-state index in [0.29, 0.717) is 29.5 Å². The number of benzene rings is 2. The summed E-state index contributed by atoms with van der Waals surface area (Å²) in [7, 11) is -3.86. The molecule has 0 atom stereocenters. The van der Waals surface area contributed by atoms with Crippen LogP contribution >= 0.6 is 23.2 Å². The van der Waals surface area contributed by atoms with Gasteiger partial charge in [0, 0.05) is 16.5 Å². The number of carbonyl (C=O) groups is 1. The van der Waals surface area contributed by atoms with Gasteiger partial charge in [0.25, 0.3) is 15.9 Å². The molecule has 1 heterocycles. The molecule has 0 saturated heterocycles. The fraction of sp³-hybridized carbons (Fsp3) is 0.185. The van der Waals surface area contributed by atoms with Crippen LogP contribution in [0.25, 0.3) is 18.2 Å². The van der Waals surface area contributed by atoms with Crippen LogP contribution in [-0.2, 0) is 21.4 Å². The van der Waals surface area contributed by atoms with Crippen molar-refractivity contribution in [3.8, 4) is 0 Å². The van der Waals surface area contributed by atoms with Crippen LogP contribution in [0, 0.1) is 6.92 Å². The van der Waals surface area contributed by atoms with Gasteiger partial charge in [-0.15, -0.1) is 0 Å². The highest BCUT2D eigenvalue weighted by Crippen LogP contribution is 2.25. The largest absolute Gasteiger partial charge is 0.323 e. The highest BCUT2D eigenvalue weighted by Gasteiger charge is 2.14. The number of halogens is 2. The minimum Gasteiger partial charge on any atom is -0.323 e. The average molecular weight is 545 g/mol. The third-order valence-corrected chi connectivity index (χ3v) is 6.86. The van der Waals surface area contributed by atoms with Gasteiger partial charge in [0.1, 0.15) is 5.82 Å². The first-order valence-corrected chi connectivity index (χ1v) is 13.6. The van der Waals surface area contributed by atoms with E-state index in [0.717, 1.165) is 34.6 Å². The van der Waals surface area contributed by atoms with Crippen molar-refractivity contribution in [1.29, 1.82) is 0 Å². The van der Waals surface area contributed by atoms with Crippen molar-refractivity contribution in [2.24, 2.45) is 0 Å². The van der Waals surface area contributed by atoms with Gasteiger partial charge < -0.3 is 4.57 Å². The molecule has 6 nitrogen and oxygen atoms in total. The number of nitrogens with zero attached hydrogens (tertiary/aromatic N) is 2. The molecule has 0 spiro atoms. The quantitative estimate of drug-likeness (QED) is 0.234. The van der Waals surface area contributed by atoms with Gasteiger partial charge in [0.15, 0.2) is 5.15 Å². The normalized spacial score (nSPS) is 12.2. The third-order valence-electron chi connectivity index (χ3n) is 5.19. The van der Waals surface area contributed by atoms with Gasteiger partial charge in [-0.3, -0.25) is 4.79 Å². The predicted octanol–water partition coefficient (Wildman–Crippen LogP) is 6.49. The molecule has 0 aliphatic rings. The molecule has 0 aliphatic heterocycles. The Kier molecular flexibility index (Phi) is 9.70. The lowest BCUT2D eigenvalue weighted by molar-refractivity contribution is -0.114. The summed E-state index contributed by atoms with van der Waals surface area (Å²) in [6.45, 7) is 4.08. The predicted molar refractivity (Wildman–Crippen MR) is 148 cm³/mol. The van der Waals surface area contributed by atoms with Crippen LogP contribution in [0.1, 0.15) is 48.0 Å². The highest BCUT2D eigenvalue weighted by molar-refractivity contribution is 7.92. The number of imidazole rings is 1. The number of carbonyl (C=O) groups excluding carboxylic acids is 1. The van der Waals surface area contributed by atoms with Crippen molar-refractivity contribution in [2.45, 2.75) is 33.2 Å². The van der Waals surface area contributed by atoms with E-state index >= 15 is 0 Å². The van der Waals surface area contributed by atoms with Gasteiger partial charge in [-0.05, 0) is 42.2 Å². The Bertz CT molecular complexity index is 1410. The fourth-order valence-electron chi connectivity index (χ4n) is 3.35. The first-order chi connectivity index (χ1) is 17.2. The number of rotatable bonds is 10. The lowest BCUT2D eigenvalue weighted by atomic mass is 10.1. The second kappa shape index (κ2) is 12.7. The van der Waals surface area contributed by atoms with Crippen LogP contribution in [-0.4, -0.2) is 23.9 Å². The summed E-state index contributed by atoms with van der Waals surface area (Å²) in [4.78, 5) is 16.5. The van der Waals surface area contributed by atoms with Crippen LogP contribution in [0.2, 0.25) is 10.2 Å². The minimum absolute atomic E-state index is 0.195. The summed E-state index contributed by atoms with van der Waals surface area (Å²) < 4.78 is 27.8. The first-order valence-electron chi connectivity index (χ1n) is 11.3. The Hall–Kier alpha value is -3.13. The number of aromatic nitrogens is 2. The number of sulfonamides is 1. The molecule has 0 radical (unpaired) electrons. The molecule has 0 aliphatic carbocycles. The Balaban J connectivity index is 1.76. The summed E-state index contributed by atoms with van der Waals surface area (Å²) in [5.74, 6) is -0.162. The van der Waals surface area contributed by atoms with Gasteiger partial charge in [-0.25, -0.2) is 18.1 Å². The molecule has 0 unspecified atom stereocenters. The van der Waals surface area contributed by atoms with Gasteiger partial charge >= 0.3 is 0 Å². The number of unbranched alkanes of at least 4 members (excludes halogenated alkanes) is 1. The van der Waals surface area contributed by atoms with E-state index < -0.39 is 15.9 Å². The molecule has 3 rings (SSSR count). The number of nitrogens with one attached hydrogen (secondary N) is 1. The second-order valence-electron chi connectivity index (χ2n) is 8.02. The molecule has 0 fully saturated rings. The van der Waals surface area contributed by atoms with Crippen LogP contribution in [0.15, 0.2) is 66.1 Å². The Labute approximate surface area is 222 Å². The molecule has 9 heteroatoms. The molecular formula is C27H27Cl2N3O3S. The maximum absolute atomic E-state index is 12.2. The van der Waals surface area contributed by atoms with Crippen LogP contribution in [0.5, 0.6) is 0 Å². The maximum Gasteiger partial charge on any atom is 0.257 e. The molecule has 188 valence electrons. The van der Waals surface area contributed by atoms with E-state index in [1.807, 2.05) is 76.9 Å². The van der Waals surface area contributed by atoms with Crippen molar-refractivity contribution >= 4 is 57.4 Å². The average Bonchev–Trinajstić information content (AvgIpc) is 3.10. The Morgan fingerprint density at radius 2 is 1.78 bits per heavy atom. The van der Waals surface area contributed by atoms with Crippen molar-refractivity contribution in [1.82, 2.24) is 14.3 Å². The summed E-state index contributed by atoms with van der Waals surface area (Å²) in [5, 5.41) is 1.76. The number of allylic oxidation sites excluding steroid dienone is 1. The van der Waals surface area contributed by atoms with Crippen LogP contribution < -0.4 is 4.72 Å². The SMILES string of the molecule is CCC/C=C/S(=O)(=O)NC(=O)C=Cc1c(Cl)nc(C)n1Cc1ccc(/C=C/c2ccccc2)cc1Cl. The first kappa shape index (κ1) is 27.5.